The normalized spacial score (nSPS) is 17.0. The smallest absolute Gasteiger partial charge is 0.191 e. The number of nitrogens with zero attached hydrogens (tertiary/aromatic N) is 1. The Balaban J connectivity index is 2.00. The molecule has 20 heavy (non-hydrogen) atoms. The molecule has 1 aromatic carbocycles. The molecule has 0 amide bonds. The summed E-state index contributed by atoms with van der Waals surface area (Å²) in [6.07, 6.45) is 1.02. The second-order valence-corrected chi connectivity index (χ2v) is 7.18. The highest BCUT2D eigenvalue weighted by Crippen LogP contribution is 2.13. The molecular weight excluding hydrogens is 274 g/mol. The lowest BCUT2D eigenvalue weighted by molar-refractivity contribution is 0.582. The monoisotopic (exact) mass is 295 g/mol. The summed E-state index contributed by atoms with van der Waals surface area (Å²) in [5.74, 6) is 0.749. The van der Waals surface area contributed by atoms with Gasteiger partial charge in [0.15, 0.2) is 15.8 Å². The fourth-order valence-corrected chi connectivity index (χ4v) is 3.56. The number of nitrogens with one attached hydrogen (secondary N) is 2. The Morgan fingerprint density at radius 2 is 2.05 bits per heavy atom. The van der Waals surface area contributed by atoms with E-state index in [-0.39, 0.29) is 11.8 Å². The van der Waals surface area contributed by atoms with Gasteiger partial charge in [-0.05, 0) is 32.4 Å². The van der Waals surface area contributed by atoms with Crippen molar-refractivity contribution in [3.63, 3.8) is 0 Å². The van der Waals surface area contributed by atoms with Crippen LogP contribution < -0.4 is 10.6 Å². The Morgan fingerprint density at radius 1 is 1.35 bits per heavy atom. The van der Waals surface area contributed by atoms with Crippen molar-refractivity contribution in [3.8, 4) is 0 Å². The molecular formula is C14H21N3O2S. The Morgan fingerprint density at radius 3 is 2.65 bits per heavy atom. The van der Waals surface area contributed by atoms with E-state index in [1.807, 2.05) is 26.0 Å². The largest absolute Gasteiger partial charge is 0.356 e. The lowest BCUT2D eigenvalue weighted by atomic mass is 10.2. The summed E-state index contributed by atoms with van der Waals surface area (Å²) in [6, 6.07) is 6.77. The Hall–Kier alpha value is -1.56. The SMILES string of the molecule is Cc1ccc(S(=O)(=O)CC(C)NC2=NCCCN2)cc1. The van der Waals surface area contributed by atoms with E-state index in [1.54, 1.807) is 12.1 Å². The predicted octanol–water partition coefficient (Wildman–Crippen LogP) is 1.10. The van der Waals surface area contributed by atoms with Crippen LogP contribution >= 0.6 is 0 Å². The standard InChI is InChI=1S/C14H21N3O2S/c1-11-4-6-13(7-5-11)20(18,19)10-12(2)17-14-15-8-3-9-16-14/h4-7,12H,3,8-10H2,1-2H3,(H2,15,16,17). The van der Waals surface area contributed by atoms with E-state index in [1.165, 1.54) is 0 Å². The number of aryl methyl sites for hydroxylation is 1. The summed E-state index contributed by atoms with van der Waals surface area (Å²) in [4.78, 5) is 4.65. The fourth-order valence-electron chi connectivity index (χ4n) is 2.08. The maximum atomic E-state index is 12.3. The van der Waals surface area contributed by atoms with Crippen LogP contribution in [0.3, 0.4) is 0 Å². The summed E-state index contributed by atoms with van der Waals surface area (Å²) in [6.45, 7) is 5.45. The van der Waals surface area contributed by atoms with Crippen LogP contribution in [0.25, 0.3) is 0 Å². The zero-order valence-corrected chi connectivity index (χ0v) is 12.7. The molecule has 0 fully saturated rings. The van der Waals surface area contributed by atoms with Crippen LogP contribution in [0.4, 0.5) is 0 Å². The Kier molecular flexibility index (Phi) is 4.65. The number of rotatable bonds is 4. The third kappa shape index (κ3) is 3.96. The summed E-state index contributed by atoms with van der Waals surface area (Å²) in [5.41, 5.74) is 1.05. The van der Waals surface area contributed by atoms with Crippen molar-refractivity contribution in [2.45, 2.75) is 31.2 Å². The molecule has 0 saturated heterocycles. The van der Waals surface area contributed by atoms with Gasteiger partial charge < -0.3 is 10.6 Å². The van der Waals surface area contributed by atoms with Crippen LogP contribution in [0.1, 0.15) is 18.9 Å². The maximum Gasteiger partial charge on any atom is 0.191 e. The second-order valence-electron chi connectivity index (χ2n) is 5.15. The molecule has 0 aromatic heterocycles. The van der Waals surface area contributed by atoms with Crippen molar-refractivity contribution in [1.82, 2.24) is 10.6 Å². The molecule has 1 aliphatic rings. The summed E-state index contributed by atoms with van der Waals surface area (Å²) < 4.78 is 24.6. The van der Waals surface area contributed by atoms with Crippen molar-refractivity contribution < 1.29 is 8.42 Å². The molecule has 0 spiro atoms. The summed E-state index contributed by atoms with van der Waals surface area (Å²) in [7, 11) is -3.27. The van der Waals surface area contributed by atoms with Gasteiger partial charge in [0.1, 0.15) is 0 Å². The Labute approximate surface area is 120 Å². The molecule has 1 aliphatic heterocycles. The van der Waals surface area contributed by atoms with Gasteiger partial charge in [-0.15, -0.1) is 0 Å². The van der Waals surface area contributed by atoms with Crippen molar-refractivity contribution in [1.29, 1.82) is 0 Å². The van der Waals surface area contributed by atoms with Crippen molar-refractivity contribution >= 4 is 15.8 Å². The van der Waals surface area contributed by atoms with E-state index < -0.39 is 9.84 Å². The summed E-state index contributed by atoms with van der Waals surface area (Å²) in [5, 5.41) is 6.24. The topological polar surface area (TPSA) is 70.6 Å². The molecule has 0 aliphatic carbocycles. The molecule has 6 heteroatoms. The highest BCUT2D eigenvalue weighted by molar-refractivity contribution is 7.91. The number of hydrogen-bond acceptors (Lipinski definition) is 5. The predicted molar refractivity (Wildman–Crippen MR) is 80.8 cm³/mol. The van der Waals surface area contributed by atoms with Gasteiger partial charge in [-0.25, -0.2) is 8.42 Å². The van der Waals surface area contributed by atoms with E-state index in [4.69, 9.17) is 0 Å². The average molecular weight is 295 g/mol. The average Bonchev–Trinajstić information content (AvgIpc) is 2.39. The van der Waals surface area contributed by atoms with E-state index in [9.17, 15) is 8.42 Å². The molecule has 5 nitrogen and oxygen atoms in total. The van der Waals surface area contributed by atoms with Crippen LogP contribution in [-0.4, -0.2) is 39.3 Å². The first kappa shape index (κ1) is 14.8. The third-order valence-corrected chi connectivity index (χ3v) is 5.06. The molecule has 1 heterocycles. The number of hydrogen-bond donors (Lipinski definition) is 2. The molecule has 0 saturated carbocycles. The zero-order valence-electron chi connectivity index (χ0n) is 11.9. The van der Waals surface area contributed by atoms with E-state index >= 15 is 0 Å². The zero-order chi connectivity index (χ0) is 14.6. The van der Waals surface area contributed by atoms with E-state index in [0.29, 0.717) is 10.9 Å². The van der Waals surface area contributed by atoms with Gasteiger partial charge in [-0.3, -0.25) is 4.99 Å². The first-order valence-electron chi connectivity index (χ1n) is 6.82. The number of guanidine groups is 1. The molecule has 1 atom stereocenters. The molecule has 1 unspecified atom stereocenters. The highest BCUT2D eigenvalue weighted by Gasteiger charge is 2.19. The second kappa shape index (κ2) is 6.26. The van der Waals surface area contributed by atoms with Crippen LogP contribution in [0, 0.1) is 6.92 Å². The highest BCUT2D eigenvalue weighted by atomic mass is 32.2. The lowest BCUT2D eigenvalue weighted by Crippen LogP contribution is -2.46. The van der Waals surface area contributed by atoms with Gasteiger partial charge in [-0.2, -0.15) is 0 Å². The van der Waals surface area contributed by atoms with Crippen LogP contribution in [0.15, 0.2) is 34.2 Å². The molecule has 2 rings (SSSR count). The van der Waals surface area contributed by atoms with Crippen LogP contribution in [0.5, 0.6) is 0 Å². The van der Waals surface area contributed by atoms with Crippen molar-refractivity contribution in [2.24, 2.45) is 4.99 Å². The Bertz CT molecular complexity index is 579. The molecule has 110 valence electrons. The van der Waals surface area contributed by atoms with Crippen molar-refractivity contribution in [3.05, 3.63) is 29.8 Å². The van der Waals surface area contributed by atoms with Crippen LogP contribution in [0.2, 0.25) is 0 Å². The minimum absolute atomic E-state index is 0.0523. The third-order valence-electron chi connectivity index (χ3n) is 3.13. The quantitative estimate of drug-likeness (QED) is 0.872. The minimum Gasteiger partial charge on any atom is -0.356 e. The number of aliphatic imine (C=N–C) groups is 1. The lowest BCUT2D eigenvalue weighted by Gasteiger charge is -2.20. The summed E-state index contributed by atoms with van der Waals surface area (Å²) >= 11 is 0. The first-order valence-corrected chi connectivity index (χ1v) is 8.47. The van der Waals surface area contributed by atoms with E-state index in [2.05, 4.69) is 15.6 Å². The number of sulfone groups is 1. The van der Waals surface area contributed by atoms with Crippen LogP contribution in [-0.2, 0) is 9.84 Å². The maximum absolute atomic E-state index is 12.3. The van der Waals surface area contributed by atoms with Gasteiger partial charge in [0.25, 0.3) is 0 Å². The molecule has 1 aromatic rings. The van der Waals surface area contributed by atoms with Crippen molar-refractivity contribution in [2.75, 3.05) is 18.8 Å². The van der Waals surface area contributed by atoms with Gasteiger partial charge >= 0.3 is 0 Å². The van der Waals surface area contributed by atoms with Gasteiger partial charge in [0.05, 0.1) is 10.6 Å². The first-order chi connectivity index (χ1) is 9.47. The van der Waals surface area contributed by atoms with E-state index in [0.717, 1.165) is 25.1 Å². The minimum atomic E-state index is -3.27. The van der Waals surface area contributed by atoms with Gasteiger partial charge in [-0.1, -0.05) is 17.7 Å². The molecule has 2 N–H and O–H groups in total. The molecule has 0 bridgehead atoms. The van der Waals surface area contributed by atoms with Gasteiger partial charge in [0, 0.05) is 19.1 Å². The molecule has 0 radical (unpaired) electrons. The fraction of sp³-hybridized carbons (Fsp3) is 0.500. The van der Waals surface area contributed by atoms with Gasteiger partial charge in [0.2, 0.25) is 0 Å². The number of benzene rings is 1.